The van der Waals surface area contributed by atoms with Crippen molar-refractivity contribution in [1.29, 1.82) is 0 Å². The number of carbonyl (C=O) groups is 2. The minimum absolute atomic E-state index is 0. The Hall–Kier alpha value is -1.86. The number of carbonyl (C=O) groups excluding carboxylic acids is 2. The topological polar surface area (TPSA) is 87.5 Å². The average Bonchev–Trinajstić information content (AvgIpc) is 2.59. The molecule has 25 heavy (non-hydrogen) atoms. The summed E-state index contributed by atoms with van der Waals surface area (Å²) in [6, 6.07) is 5.36. The standard InChI is InChI=1S/C17H25FN4O2.ClH/c1-12(9-19)16(23)22-7-3-4-13(11-22)10-20-17(24)21-15-6-2-5-14(18)8-15;/h2,5-6,8,12-13H,3-4,7,9-11,19H2,1H3,(H2,20,21,24);1H. The van der Waals surface area contributed by atoms with Crippen LogP contribution in [0, 0.1) is 17.7 Å². The van der Waals surface area contributed by atoms with Gasteiger partial charge in [0.2, 0.25) is 5.91 Å². The van der Waals surface area contributed by atoms with Crippen LogP contribution in [0.2, 0.25) is 0 Å². The summed E-state index contributed by atoms with van der Waals surface area (Å²) in [5.74, 6) is -0.284. The van der Waals surface area contributed by atoms with Crippen molar-refractivity contribution in [3.05, 3.63) is 30.1 Å². The molecule has 2 rings (SSSR count). The molecule has 8 heteroatoms. The number of urea groups is 1. The van der Waals surface area contributed by atoms with Crippen LogP contribution >= 0.6 is 12.4 Å². The highest BCUT2D eigenvalue weighted by atomic mass is 35.5. The van der Waals surface area contributed by atoms with Crippen LogP contribution in [0.5, 0.6) is 0 Å². The van der Waals surface area contributed by atoms with E-state index in [9.17, 15) is 14.0 Å². The maximum atomic E-state index is 13.1. The molecule has 1 aliphatic rings. The van der Waals surface area contributed by atoms with Gasteiger partial charge in [0.05, 0.1) is 0 Å². The van der Waals surface area contributed by atoms with Gasteiger partial charge in [-0.15, -0.1) is 12.4 Å². The number of halogens is 2. The van der Waals surface area contributed by atoms with E-state index in [1.54, 1.807) is 6.07 Å². The maximum absolute atomic E-state index is 13.1. The number of hydrogen-bond donors (Lipinski definition) is 3. The van der Waals surface area contributed by atoms with Crippen LogP contribution in [-0.4, -0.2) is 43.0 Å². The molecule has 2 unspecified atom stereocenters. The summed E-state index contributed by atoms with van der Waals surface area (Å²) in [4.78, 5) is 25.9. The summed E-state index contributed by atoms with van der Waals surface area (Å²) in [6.45, 7) is 4.02. The molecule has 1 aromatic carbocycles. The molecule has 0 bridgehead atoms. The monoisotopic (exact) mass is 372 g/mol. The summed E-state index contributed by atoms with van der Waals surface area (Å²) in [6.07, 6.45) is 1.88. The molecule has 1 aliphatic heterocycles. The van der Waals surface area contributed by atoms with Gasteiger partial charge in [-0.2, -0.15) is 0 Å². The second kappa shape index (κ2) is 10.2. The number of nitrogens with two attached hydrogens (primary N) is 1. The molecule has 0 saturated carbocycles. The number of anilines is 1. The van der Waals surface area contributed by atoms with Crippen LogP contribution in [0.1, 0.15) is 19.8 Å². The second-order valence-electron chi connectivity index (χ2n) is 6.27. The first-order valence-electron chi connectivity index (χ1n) is 8.29. The Labute approximate surface area is 153 Å². The first-order chi connectivity index (χ1) is 11.5. The third kappa shape index (κ3) is 6.51. The fourth-order valence-electron chi connectivity index (χ4n) is 2.82. The lowest BCUT2D eigenvalue weighted by molar-refractivity contribution is -0.136. The number of benzene rings is 1. The van der Waals surface area contributed by atoms with Crippen molar-refractivity contribution >= 4 is 30.0 Å². The van der Waals surface area contributed by atoms with Crippen LogP contribution in [0.25, 0.3) is 0 Å². The Morgan fingerprint density at radius 3 is 2.88 bits per heavy atom. The van der Waals surface area contributed by atoms with Crippen molar-refractivity contribution in [3.8, 4) is 0 Å². The average molecular weight is 373 g/mol. The number of piperidine rings is 1. The molecule has 2 atom stereocenters. The highest BCUT2D eigenvalue weighted by Gasteiger charge is 2.26. The van der Waals surface area contributed by atoms with Crippen LogP contribution in [0.4, 0.5) is 14.9 Å². The van der Waals surface area contributed by atoms with Crippen LogP contribution < -0.4 is 16.4 Å². The highest BCUT2D eigenvalue weighted by Crippen LogP contribution is 2.18. The van der Waals surface area contributed by atoms with Crippen molar-refractivity contribution in [2.45, 2.75) is 19.8 Å². The van der Waals surface area contributed by atoms with Crippen molar-refractivity contribution in [2.75, 3.05) is 31.5 Å². The zero-order valence-electron chi connectivity index (χ0n) is 14.3. The lowest BCUT2D eigenvalue weighted by Crippen LogP contribution is -2.46. The zero-order chi connectivity index (χ0) is 17.5. The number of likely N-dealkylation sites (tertiary alicyclic amines) is 1. The van der Waals surface area contributed by atoms with Gasteiger partial charge in [-0.3, -0.25) is 4.79 Å². The summed E-state index contributed by atoms with van der Waals surface area (Å²) < 4.78 is 13.1. The van der Waals surface area contributed by atoms with Gasteiger partial charge in [-0.05, 0) is 37.0 Å². The Morgan fingerprint density at radius 2 is 2.20 bits per heavy atom. The van der Waals surface area contributed by atoms with E-state index in [-0.39, 0.29) is 36.2 Å². The van der Waals surface area contributed by atoms with Gasteiger partial charge in [0, 0.05) is 37.8 Å². The molecule has 1 fully saturated rings. The summed E-state index contributed by atoms with van der Waals surface area (Å²) >= 11 is 0. The largest absolute Gasteiger partial charge is 0.342 e. The van der Waals surface area contributed by atoms with Crippen LogP contribution in [-0.2, 0) is 4.79 Å². The van der Waals surface area contributed by atoms with Gasteiger partial charge in [-0.1, -0.05) is 13.0 Å². The molecule has 0 aromatic heterocycles. The normalized spacial score (nSPS) is 18.0. The molecule has 1 heterocycles. The lowest BCUT2D eigenvalue weighted by Gasteiger charge is -2.34. The molecule has 0 spiro atoms. The van der Waals surface area contributed by atoms with E-state index in [1.165, 1.54) is 18.2 Å². The molecule has 1 aromatic rings. The minimum atomic E-state index is -0.400. The van der Waals surface area contributed by atoms with Gasteiger partial charge in [-0.25, -0.2) is 9.18 Å². The second-order valence-corrected chi connectivity index (χ2v) is 6.27. The van der Waals surface area contributed by atoms with Crippen molar-refractivity contribution in [2.24, 2.45) is 17.6 Å². The Morgan fingerprint density at radius 1 is 1.44 bits per heavy atom. The predicted octanol–water partition coefficient (Wildman–Crippen LogP) is 2.20. The fourth-order valence-corrected chi connectivity index (χ4v) is 2.82. The highest BCUT2D eigenvalue weighted by molar-refractivity contribution is 5.89. The molecular formula is C17H26ClFN4O2. The molecule has 0 radical (unpaired) electrons. The summed E-state index contributed by atoms with van der Waals surface area (Å²) in [5, 5.41) is 5.38. The summed E-state index contributed by atoms with van der Waals surface area (Å²) in [7, 11) is 0. The molecule has 140 valence electrons. The number of rotatable bonds is 5. The van der Waals surface area contributed by atoms with Crippen molar-refractivity contribution in [3.63, 3.8) is 0 Å². The van der Waals surface area contributed by atoms with Gasteiger partial charge in [0.1, 0.15) is 5.82 Å². The van der Waals surface area contributed by atoms with E-state index >= 15 is 0 Å². The Kier molecular flexibility index (Phi) is 8.65. The number of nitrogens with zero attached hydrogens (tertiary/aromatic N) is 1. The van der Waals surface area contributed by atoms with E-state index in [0.717, 1.165) is 19.4 Å². The zero-order valence-corrected chi connectivity index (χ0v) is 15.2. The van der Waals surface area contributed by atoms with Gasteiger partial charge in [0.25, 0.3) is 0 Å². The van der Waals surface area contributed by atoms with E-state index in [4.69, 9.17) is 5.73 Å². The maximum Gasteiger partial charge on any atom is 0.319 e. The van der Waals surface area contributed by atoms with Crippen LogP contribution in [0.3, 0.4) is 0 Å². The molecule has 4 N–H and O–H groups in total. The van der Waals surface area contributed by atoms with E-state index < -0.39 is 5.82 Å². The molecule has 1 saturated heterocycles. The van der Waals surface area contributed by atoms with Crippen molar-refractivity contribution < 1.29 is 14.0 Å². The molecule has 0 aliphatic carbocycles. The van der Waals surface area contributed by atoms with Gasteiger partial charge >= 0.3 is 6.03 Å². The number of nitrogens with one attached hydrogen (secondary N) is 2. The third-order valence-electron chi connectivity index (χ3n) is 4.24. The molecule has 6 nitrogen and oxygen atoms in total. The first kappa shape index (κ1) is 21.2. The number of amides is 3. The van der Waals surface area contributed by atoms with Crippen LogP contribution in [0.15, 0.2) is 24.3 Å². The Balaban J connectivity index is 0.00000312. The molecular weight excluding hydrogens is 347 g/mol. The van der Waals surface area contributed by atoms with E-state index in [1.807, 2.05) is 11.8 Å². The van der Waals surface area contributed by atoms with E-state index in [0.29, 0.717) is 25.3 Å². The van der Waals surface area contributed by atoms with Gasteiger partial charge < -0.3 is 21.3 Å². The number of hydrogen-bond acceptors (Lipinski definition) is 3. The Bertz CT molecular complexity index is 588. The minimum Gasteiger partial charge on any atom is -0.342 e. The smallest absolute Gasteiger partial charge is 0.319 e. The first-order valence-corrected chi connectivity index (χ1v) is 8.29. The summed E-state index contributed by atoms with van der Waals surface area (Å²) in [5.41, 5.74) is 5.96. The van der Waals surface area contributed by atoms with E-state index in [2.05, 4.69) is 10.6 Å². The van der Waals surface area contributed by atoms with Crippen molar-refractivity contribution in [1.82, 2.24) is 10.2 Å². The van der Waals surface area contributed by atoms with Gasteiger partial charge in [0.15, 0.2) is 0 Å². The SMILES string of the molecule is CC(CN)C(=O)N1CCCC(CNC(=O)Nc2cccc(F)c2)C1.Cl. The fraction of sp³-hybridized carbons (Fsp3) is 0.529. The third-order valence-corrected chi connectivity index (χ3v) is 4.24. The quantitative estimate of drug-likeness (QED) is 0.740. The lowest BCUT2D eigenvalue weighted by atomic mass is 9.96. The predicted molar refractivity (Wildman–Crippen MR) is 98.2 cm³/mol. The molecule has 3 amide bonds.